The standard InChI is InChI=1S/C20H19N9OS/c30-19(27-20-26-16(10-31-20)15-2-1-5-21-9-15)14-3-6-28(7-4-14)17-8-18(24-12-23-17)29-13-22-11-25-29/h1-2,5,8-14H,3-4,6-7H2,(H,26,27,30). The number of anilines is 2. The fraction of sp³-hybridized carbons (Fsp3) is 0.250. The molecule has 1 fully saturated rings. The molecule has 0 bridgehead atoms. The SMILES string of the molecule is O=C(Nc1nc(-c2cccnc2)cs1)C1CCN(c2cc(-n3cncn3)ncn2)CC1. The molecule has 0 saturated carbocycles. The number of piperidine rings is 1. The van der Waals surface area contributed by atoms with E-state index in [4.69, 9.17) is 0 Å². The summed E-state index contributed by atoms with van der Waals surface area (Å²) < 4.78 is 1.60. The molecule has 0 spiro atoms. The largest absolute Gasteiger partial charge is 0.356 e. The molecule has 156 valence electrons. The molecule has 31 heavy (non-hydrogen) atoms. The maximum atomic E-state index is 12.7. The van der Waals surface area contributed by atoms with Gasteiger partial charge in [0.25, 0.3) is 0 Å². The van der Waals surface area contributed by atoms with E-state index in [9.17, 15) is 4.79 Å². The van der Waals surface area contributed by atoms with Crippen LogP contribution >= 0.6 is 11.3 Å². The third kappa shape index (κ3) is 4.26. The molecule has 0 aliphatic carbocycles. The first-order valence-corrected chi connectivity index (χ1v) is 10.7. The first kappa shape index (κ1) is 19.2. The Hall–Kier alpha value is -3.73. The summed E-state index contributed by atoms with van der Waals surface area (Å²) in [6.45, 7) is 1.48. The minimum atomic E-state index is -0.0568. The van der Waals surface area contributed by atoms with Crippen molar-refractivity contribution in [2.75, 3.05) is 23.3 Å². The van der Waals surface area contributed by atoms with Crippen molar-refractivity contribution in [1.29, 1.82) is 0 Å². The Morgan fingerprint density at radius 2 is 2.00 bits per heavy atom. The number of hydrogen-bond acceptors (Lipinski definition) is 9. The van der Waals surface area contributed by atoms with E-state index in [-0.39, 0.29) is 11.8 Å². The Morgan fingerprint density at radius 1 is 1.13 bits per heavy atom. The summed E-state index contributed by atoms with van der Waals surface area (Å²) in [7, 11) is 0. The van der Waals surface area contributed by atoms with Gasteiger partial charge in [0.2, 0.25) is 5.91 Å². The second-order valence-electron chi connectivity index (χ2n) is 7.10. The van der Waals surface area contributed by atoms with E-state index in [0.29, 0.717) is 10.9 Å². The highest BCUT2D eigenvalue weighted by Crippen LogP contribution is 2.27. The molecule has 1 aliphatic rings. The zero-order valence-corrected chi connectivity index (χ0v) is 17.3. The number of amides is 1. The number of rotatable bonds is 5. The minimum Gasteiger partial charge on any atom is -0.356 e. The van der Waals surface area contributed by atoms with Crippen molar-refractivity contribution in [3.05, 3.63) is 55.0 Å². The highest BCUT2D eigenvalue weighted by Gasteiger charge is 2.26. The molecule has 0 unspecified atom stereocenters. The monoisotopic (exact) mass is 433 g/mol. The van der Waals surface area contributed by atoms with Gasteiger partial charge in [0.05, 0.1) is 5.69 Å². The summed E-state index contributed by atoms with van der Waals surface area (Å²) in [5.41, 5.74) is 1.75. The van der Waals surface area contributed by atoms with Crippen molar-refractivity contribution in [2.24, 2.45) is 5.92 Å². The predicted octanol–water partition coefficient (Wildman–Crippen LogP) is 2.43. The second-order valence-corrected chi connectivity index (χ2v) is 7.96. The average molecular weight is 434 g/mol. The molecule has 1 aliphatic heterocycles. The van der Waals surface area contributed by atoms with Crippen LogP contribution in [0.1, 0.15) is 12.8 Å². The van der Waals surface area contributed by atoms with Gasteiger partial charge in [-0.25, -0.2) is 24.6 Å². The van der Waals surface area contributed by atoms with E-state index < -0.39 is 0 Å². The summed E-state index contributed by atoms with van der Waals surface area (Å²) in [5.74, 6) is 1.44. The van der Waals surface area contributed by atoms with Gasteiger partial charge in [0, 0.05) is 48.4 Å². The molecule has 0 aromatic carbocycles. The molecule has 5 heterocycles. The molecule has 1 N–H and O–H groups in total. The number of thiazole rings is 1. The van der Waals surface area contributed by atoms with Crippen LogP contribution in [0.3, 0.4) is 0 Å². The summed E-state index contributed by atoms with van der Waals surface area (Å²) in [6.07, 6.45) is 9.56. The van der Waals surface area contributed by atoms with Crippen molar-refractivity contribution in [1.82, 2.24) is 34.7 Å². The van der Waals surface area contributed by atoms with E-state index in [2.05, 4.69) is 40.2 Å². The first-order chi connectivity index (χ1) is 15.3. The molecule has 10 nitrogen and oxygen atoms in total. The molecule has 11 heteroatoms. The topological polar surface area (TPSA) is 115 Å². The molecule has 1 saturated heterocycles. The van der Waals surface area contributed by atoms with Crippen molar-refractivity contribution in [2.45, 2.75) is 12.8 Å². The Balaban J connectivity index is 1.19. The van der Waals surface area contributed by atoms with Crippen LogP contribution < -0.4 is 10.2 Å². The van der Waals surface area contributed by atoms with Crippen LogP contribution in [0.15, 0.2) is 55.0 Å². The van der Waals surface area contributed by atoms with Gasteiger partial charge in [-0.15, -0.1) is 11.3 Å². The number of nitrogens with zero attached hydrogens (tertiary/aromatic N) is 8. The maximum absolute atomic E-state index is 12.7. The van der Waals surface area contributed by atoms with Crippen LogP contribution in [0.5, 0.6) is 0 Å². The Kier molecular flexibility index (Phi) is 5.31. The number of carbonyl (C=O) groups excluding carboxylic acids is 1. The molecular formula is C20H19N9OS. The Bertz CT molecular complexity index is 1150. The third-order valence-electron chi connectivity index (χ3n) is 5.17. The lowest BCUT2D eigenvalue weighted by Gasteiger charge is -2.32. The van der Waals surface area contributed by atoms with Gasteiger partial charge in [0.1, 0.15) is 24.8 Å². The molecule has 1 amide bonds. The van der Waals surface area contributed by atoms with Crippen LogP contribution in [0, 0.1) is 5.92 Å². The smallest absolute Gasteiger partial charge is 0.229 e. The van der Waals surface area contributed by atoms with Crippen molar-refractivity contribution < 1.29 is 4.79 Å². The van der Waals surface area contributed by atoms with Gasteiger partial charge in [0.15, 0.2) is 10.9 Å². The number of aromatic nitrogens is 7. The fourth-order valence-electron chi connectivity index (χ4n) is 3.52. The van der Waals surface area contributed by atoms with Crippen LogP contribution in [0.2, 0.25) is 0 Å². The highest BCUT2D eigenvalue weighted by atomic mass is 32.1. The van der Waals surface area contributed by atoms with Crippen LogP contribution in [0.25, 0.3) is 17.1 Å². The first-order valence-electron chi connectivity index (χ1n) is 9.85. The number of hydrogen-bond donors (Lipinski definition) is 1. The highest BCUT2D eigenvalue weighted by molar-refractivity contribution is 7.14. The lowest BCUT2D eigenvalue weighted by Crippen LogP contribution is -2.38. The average Bonchev–Trinajstić information content (AvgIpc) is 3.53. The van der Waals surface area contributed by atoms with Crippen LogP contribution in [0.4, 0.5) is 10.9 Å². The number of pyridine rings is 1. The van der Waals surface area contributed by atoms with Crippen molar-refractivity contribution >= 4 is 28.2 Å². The lowest BCUT2D eigenvalue weighted by molar-refractivity contribution is -0.120. The van der Waals surface area contributed by atoms with Crippen LogP contribution in [-0.2, 0) is 4.79 Å². The van der Waals surface area contributed by atoms with Crippen molar-refractivity contribution in [3.63, 3.8) is 0 Å². The fourth-order valence-corrected chi connectivity index (χ4v) is 4.24. The van der Waals surface area contributed by atoms with Gasteiger partial charge in [-0.3, -0.25) is 9.78 Å². The van der Waals surface area contributed by atoms with E-state index in [0.717, 1.165) is 43.0 Å². The second kappa shape index (κ2) is 8.56. The lowest BCUT2D eigenvalue weighted by atomic mass is 9.96. The van der Waals surface area contributed by atoms with E-state index in [1.165, 1.54) is 24.0 Å². The van der Waals surface area contributed by atoms with Gasteiger partial charge in [-0.05, 0) is 25.0 Å². The zero-order chi connectivity index (χ0) is 21.0. The molecule has 4 aromatic heterocycles. The quantitative estimate of drug-likeness (QED) is 0.510. The molecule has 4 aromatic rings. The minimum absolute atomic E-state index is 0.0118. The summed E-state index contributed by atoms with van der Waals surface area (Å²) in [5, 5.41) is 9.61. The number of carbonyl (C=O) groups is 1. The molecule has 0 radical (unpaired) electrons. The van der Waals surface area contributed by atoms with Gasteiger partial charge < -0.3 is 10.2 Å². The van der Waals surface area contributed by atoms with E-state index in [1.54, 1.807) is 23.4 Å². The Labute approximate surface area is 182 Å². The van der Waals surface area contributed by atoms with Gasteiger partial charge in [-0.1, -0.05) is 0 Å². The zero-order valence-electron chi connectivity index (χ0n) is 16.5. The summed E-state index contributed by atoms with van der Waals surface area (Å²) >= 11 is 1.42. The van der Waals surface area contributed by atoms with E-state index in [1.807, 2.05) is 23.6 Å². The third-order valence-corrected chi connectivity index (χ3v) is 5.93. The van der Waals surface area contributed by atoms with Gasteiger partial charge >= 0.3 is 0 Å². The summed E-state index contributed by atoms with van der Waals surface area (Å²) in [4.78, 5) is 36.1. The molecular weight excluding hydrogens is 414 g/mol. The van der Waals surface area contributed by atoms with Gasteiger partial charge in [-0.2, -0.15) is 5.10 Å². The normalized spacial score (nSPS) is 14.5. The summed E-state index contributed by atoms with van der Waals surface area (Å²) in [6, 6.07) is 5.70. The van der Waals surface area contributed by atoms with E-state index >= 15 is 0 Å². The Morgan fingerprint density at radius 3 is 2.77 bits per heavy atom. The van der Waals surface area contributed by atoms with Crippen molar-refractivity contribution in [3.8, 4) is 17.1 Å². The predicted molar refractivity (Wildman–Crippen MR) is 116 cm³/mol. The molecule has 5 rings (SSSR count). The maximum Gasteiger partial charge on any atom is 0.229 e. The van der Waals surface area contributed by atoms with Crippen LogP contribution in [-0.4, -0.2) is 53.7 Å². The number of nitrogens with one attached hydrogen (secondary N) is 1. The molecule has 0 atom stereocenters.